The largest absolute Gasteiger partial charge is 0.357 e. The van der Waals surface area contributed by atoms with Gasteiger partial charge < -0.3 is 10.2 Å². The first-order valence-electron chi connectivity index (χ1n) is 9.65. The Kier molecular flexibility index (Phi) is 6.43. The highest BCUT2D eigenvalue weighted by atomic mass is 16.1. The third-order valence-electron chi connectivity index (χ3n) is 5.35. The highest BCUT2D eigenvalue weighted by Gasteiger charge is 2.26. The number of nitrogens with zero attached hydrogens (tertiary/aromatic N) is 3. The van der Waals surface area contributed by atoms with Gasteiger partial charge in [-0.2, -0.15) is 5.26 Å². The summed E-state index contributed by atoms with van der Waals surface area (Å²) >= 11 is 0. The van der Waals surface area contributed by atoms with Crippen molar-refractivity contribution in [3.8, 4) is 6.07 Å². The van der Waals surface area contributed by atoms with Crippen molar-refractivity contribution in [1.82, 2.24) is 10.3 Å². The maximum Gasteiger partial charge on any atom is 0.223 e. The van der Waals surface area contributed by atoms with E-state index in [1.807, 2.05) is 24.3 Å². The van der Waals surface area contributed by atoms with Crippen LogP contribution < -0.4 is 10.2 Å². The van der Waals surface area contributed by atoms with Crippen LogP contribution in [0.25, 0.3) is 0 Å². The van der Waals surface area contributed by atoms with Crippen molar-refractivity contribution in [2.75, 3.05) is 24.5 Å². The Morgan fingerprint density at radius 1 is 1.26 bits per heavy atom. The monoisotopic (exact) mass is 362 g/mol. The molecule has 3 rings (SSSR count). The molecular formula is C22H26N4O. The van der Waals surface area contributed by atoms with Gasteiger partial charge in [0.05, 0.1) is 5.56 Å². The fraction of sp³-hybridized carbons (Fsp3) is 0.409. The summed E-state index contributed by atoms with van der Waals surface area (Å²) in [5.41, 5.74) is 1.85. The van der Waals surface area contributed by atoms with Crippen LogP contribution in [0.4, 0.5) is 5.82 Å². The Labute approximate surface area is 161 Å². The minimum absolute atomic E-state index is 0.0629. The number of carbonyl (C=O) groups is 1. The molecule has 5 nitrogen and oxygen atoms in total. The minimum atomic E-state index is 0.0629. The van der Waals surface area contributed by atoms with E-state index in [1.165, 1.54) is 5.56 Å². The highest BCUT2D eigenvalue weighted by molar-refractivity contribution is 5.79. The zero-order chi connectivity index (χ0) is 19.1. The molecule has 0 bridgehead atoms. The van der Waals surface area contributed by atoms with Crippen LogP contribution in [0.1, 0.15) is 43.2 Å². The SMILES string of the molecule is CC[C@H](CNC(=O)C1CCN(c2ccc(C#N)cn2)CC1)c1ccccc1. The molecule has 1 aliphatic rings. The number of piperidine rings is 1. The normalized spacial score (nSPS) is 15.8. The number of rotatable bonds is 6. The van der Waals surface area contributed by atoms with Crippen LogP contribution in [0, 0.1) is 17.2 Å². The number of nitriles is 1. The quantitative estimate of drug-likeness (QED) is 0.854. The summed E-state index contributed by atoms with van der Waals surface area (Å²) in [5, 5.41) is 12.0. The van der Waals surface area contributed by atoms with E-state index < -0.39 is 0 Å². The lowest BCUT2D eigenvalue weighted by atomic mass is 9.94. The second kappa shape index (κ2) is 9.18. The number of pyridine rings is 1. The lowest BCUT2D eigenvalue weighted by Gasteiger charge is -2.32. The maximum atomic E-state index is 12.6. The predicted molar refractivity (Wildman–Crippen MR) is 106 cm³/mol. The van der Waals surface area contributed by atoms with E-state index in [9.17, 15) is 4.79 Å². The fourth-order valence-electron chi connectivity index (χ4n) is 3.60. The molecule has 1 aromatic heterocycles. The first-order chi connectivity index (χ1) is 13.2. The molecule has 2 heterocycles. The van der Waals surface area contributed by atoms with Crippen LogP contribution in [-0.4, -0.2) is 30.5 Å². The molecule has 1 aliphatic heterocycles. The Morgan fingerprint density at radius 3 is 2.59 bits per heavy atom. The molecule has 0 unspecified atom stereocenters. The van der Waals surface area contributed by atoms with Crippen molar-refractivity contribution in [3.63, 3.8) is 0 Å². The van der Waals surface area contributed by atoms with Gasteiger partial charge in [0.15, 0.2) is 0 Å². The molecule has 140 valence electrons. The summed E-state index contributed by atoms with van der Waals surface area (Å²) < 4.78 is 0. The number of hydrogen-bond acceptors (Lipinski definition) is 4. The second-order valence-corrected chi connectivity index (χ2v) is 7.04. The average molecular weight is 362 g/mol. The first kappa shape index (κ1) is 18.9. The number of nitrogens with one attached hydrogen (secondary N) is 1. The zero-order valence-electron chi connectivity index (χ0n) is 15.8. The second-order valence-electron chi connectivity index (χ2n) is 7.04. The third-order valence-corrected chi connectivity index (χ3v) is 5.35. The number of aromatic nitrogens is 1. The van der Waals surface area contributed by atoms with E-state index >= 15 is 0 Å². The van der Waals surface area contributed by atoms with E-state index in [-0.39, 0.29) is 11.8 Å². The van der Waals surface area contributed by atoms with E-state index in [0.717, 1.165) is 38.2 Å². The number of amides is 1. The molecule has 1 saturated heterocycles. The Morgan fingerprint density at radius 2 is 2.00 bits per heavy atom. The van der Waals surface area contributed by atoms with Gasteiger partial charge in [-0.15, -0.1) is 0 Å². The lowest BCUT2D eigenvalue weighted by molar-refractivity contribution is -0.125. The Balaban J connectivity index is 1.48. The maximum absolute atomic E-state index is 12.6. The van der Waals surface area contributed by atoms with Crippen LogP contribution in [0.5, 0.6) is 0 Å². The molecule has 1 aromatic carbocycles. The number of benzene rings is 1. The summed E-state index contributed by atoms with van der Waals surface area (Å²) in [6.07, 6.45) is 4.26. The van der Waals surface area contributed by atoms with Crippen molar-refractivity contribution >= 4 is 11.7 Å². The predicted octanol–water partition coefficient (Wildman–Crippen LogP) is 3.48. The molecule has 5 heteroatoms. The van der Waals surface area contributed by atoms with Gasteiger partial charge in [0.25, 0.3) is 0 Å². The van der Waals surface area contributed by atoms with Crippen molar-refractivity contribution < 1.29 is 4.79 Å². The molecule has 2 aromatic rings. The molecule has 1 atom stereocenters. The number of anilines is 1. The summed E-state index contributed by atoms with van der Waals surface area (Å²) in [7, 11) is 0. The standard InChI is InChI=1S/C22H26N4O/c1-2-18(19-6-4-3-5-7-19)16-25-22(27)20-10-12-26(13-11-20)21-9-8-17(14-23)15-24-21/h3-9,15,18,20H,2,10-13,16H2,1H3,(H,25,27)/t18-/m1/s1. The van der Waals surface area contributed by atoms with Gasteiger partial charge in [-0.25, -0.2) is 4.98 Å². The van der Waals surface area contributed by atoms with Gasteiger partial charge in [-0.1, -0.05) is 37.3 Å². The van der Waals surface area contributed by atoms with Crippen molar-refractivity contribution in [2.24, 2.45) is 5.92 Å². The van der Waals surface area contributed by atoms with Crippen LogP contribution in [0.2, 0.25) is 0 Å². The molecule has 1 fully saturated rings. The average Bonchev–Trinajstić information content (AvgIpc) is 2.75. The summed E-state index contributed by atoms with van der Waals surface area (Å²) in [6, 6.07) is 16.1. The van der Waals surface area contributed by atoms with Gasteiger partial charge in [0, 0.05) is 37.7 Å². The Bertz CT molecular complexity index is 774. The number of hydrogen-bond donors (Lipinski definition) is 1. The molecule has 0 radical (unpaired) electrons. The fourth-order valence-corrected chi connectivity index (χ4v) is 3.60. The third kappa shape index (κ3) is 4.85. The van der Waals surface area contributed by atoms with Crippen LogP contribution in [0.3, 0.4) is 0 Å². The topological polar surface area (TPSA) is 69.0 Å². The molecule has 1 N–H and O–H groups in total. The van der Waals surface area contributed by atoms with Gasteiger partial charge in [-0.3, -0.25) is 4.79 Å². The summed E-state index contributed by atoms with van der Waals surface area (Å²) in [5.74, 6) is 1.46. The molecule has 1 amide bonds. The number of carbonyl (C=O) groups excluding carboxylic acids is 1. The van der Waals surface area contributed by atoms with Gasteiger partial charge in [-0.05, 0) is 37.0 Å². The zero-order valence-corrected chi connectivity index (χ0v) is 15.8. The van der Waals surface area contributed by atoms with E-state index in [0.29, 0.717) is 18.0 Å². The van der Waals surface area contributed by atoms with E-state index in [1.54, 1.807) is 12.3 Å². The minimum Gasteiger partial charge on any atom is -0.357 e. The van der Waals surface area contributed by atoms with E-state index in [4.69, 9.17) is 5.26 Å². The van der Waals surface area contributed by atoms with Crippen LogP contribution in [0.15, 0.2) is 48.7 Å². The molecule has 0 spiro atoms. The van der Waals surface area contributed by atoms with Crippen molar-refractivity contribution in [3.05, 3.63) is 59.8 Å². The lowest BCUT2D eigenvalue weighted by Crippen LogP contribution is -2.41. The van der Waals surface area contributed by atoms with E-state index in [2.05, 4.69) is 40.3 Å². The Hall–Kier alpha value is -2.87. The van der Waals surface area contributed by atoms with Gasteiger partial charge >= 0.3 is 0 Å². The molecule has 0 aliphatic carbocycles. The first-order valence-corrected chi connectivity index (χ1v) is 9.65. The summed E-state index contributed by atoms with van der Waals surface area (Å²) in [6.45, 7) is 4.48. The highest BCUT2D eigenvalue weighted by Crippen LogP contribution is 2.23. The van der Waals surface area contributed by atoms with Crippen LogP contribution in [-0.2, 0) is 4.79 Å². The smallest absolute Gasteiger partial charge is 0.223 e. The van der Waals surface area contributed by atoms with Gasteiger partial charge in [0.2, 0.25) is 5.91 Å². The molecule has 0 saturated carbocycles. The van der Waals surface area contributed by atoms with Crippen molar-refractivity contribution in [2.45, 2.75) is 32.1 Å². The molecule has 27 heavy (non-hydrogen) atoms. The van der Waals surface area contributed by atoms with Crippen molar-refractivity contribution in [1.29, 1.82) is 5.26 Å². The summed E-state index contributed by atoms with van der Waals surface area (Å²) in [4.78, 5) is 19.1. The molecular weight excluding hydrogens is 336 g/mol. The van der Waals surface area contributed by atoms with Crippen LogP contribution >= 0.6 is 0 Å². The van der Waals surface area contributed by atoms with Gasteiger partial charge in [0.1, 0.15) is 11.9 Å².